The Morgan fingerprint density at radius 1 is 1.15 bits per heavy atom. The molecular weight excluding hydrogens is 356 g/mol. The number of benzene rings is 1. The van der Waals surface area contributed by atoms with Gasteiger partial charge in [-0.15, -0.1) is 0 Å². The number of carbonyl (C=O) groups excluding carboxylic acids is 3. The van der Waals surface area contributed by atoms with Crippen LogP contribution < -0.4 is 20.1 Å². The van der Waals surface area contributed by atoms with Crippen molar-refractivity contribution in [3.63, 3.8) is 0 Å². The van der Waals surface area contributed by atoms with Crippen molar-refractivity contribution in [2.24, 2.45) is 0 Å². The van der Waals surface area contributed by atoms with Crippen molar-refractivity contribution in [3.8, 4) is 11.5 Å². The second-order valence-electron chi connectivity index (χ2n) is 5.64. The van der Waals surface area contributed by atoms with Gasteiger partial charge in [0.25, 0.3) is 11.8 Å². The summed E-state index contributed by atoms with van der Waals surface area (Å²) in [6.45, 7) is 1.95. The Hall–Kier alpha value is -3.49. The Morgan fingerprint density at radius 3 is 2.67 bits per heavy atom. The van der Waals surface area contributed by atoms with Crippen LogP contribution in [0.5, 0.6) is 11.5 Å². The van der Waals surface area contributed by atoms with Crippen LogP contribution in [0.15, 0.2) is 41.0 Å². The molecule has 1 aliphatic heterocycles. The highest BCUT2D eigenvalue weighted by molar-refractivity contribution is 5.96. The van der Waals surface area contributed by atoms with Gasteiger partial charge in [0, 0.05) is 11.8 Å². The van der Waals surface area contributed by atoms with Crippen LogP contribution >= 0.6 is 0 Å². The summed E-state index contributed by atoms with van der Waals surface area (Å²) in [5, 5.41) is 4.97. The standard InChI is InChI=1S/C18H18N2O7/c1-11(27-16(21)10-19-18(23)14-3-2-6-24-14)17(22)20-12-4-5-13-15(9-12)26-8-7-25-13/h2-6,9,11H,7-8,10H2,1H3,(H,19,23)(H,20,22). The SMILES string of the molecule is CC(OC(=O)CNC(=O)c1ccco1)C(=O)Nc1ccc2c(c1)OCCO2. The van der Waals surface area contributed by atoms with Gasteiger partial charge in [0.2, 0.25) is 0 Å². The maximum atomic E-state index is 12.2. The number of hydrogen-bond donors (Lipinski definition) is 2. The zero-order valence-electron chi connectivity index (χ0n) is 14.5. The maximum Gasteiger partial charge on any atom is 0.326 e. The third-order valence-corrected chi connectivity index (χ3v) is 3.63. The van der Waals surface area contributed by atoms with Crippen LogP contribution in [0, 0.1) is 0 Å². The monoisotopic (exact) mass is 374 g/mol. The summed E-state index contributed by atoms with van der Waals surface area (Å²) in [7, 11) is 0. The van der Waals surface area contributed by atoms with Crippen LogP contribution in [0.3, 0.4) is 0 Å². The third kappa shape index (κ3) is 4.78. The molecule has 0 saturated heterocycles. The number of furan rings is 1. The minimum absolute atomic E-state index is 0.0761. The summed E-state index contributed by atoms with van der Waals surface area (Å²) in [5.41, 5.74) is 0.485. The quantitative estimate of drug-likeness (QED) is 0.733. The summed E-state index contributed by atoms with van der Waals surface area (Å²) < 4.78 is 20.8. The number of amides is 2. The van der Waals surface area contributed by atoms with Crippen molar-refractivity contribution < 1.29 is 33.0 Å². The van der Waals surface area contributed by atoms with Crippen LogP contribution in [-0.2, 0) is 14.3 Å². The highest BCUT2D eigenvalue weighted by Gasteiger charge is 2.20. The first-order chi connectivity index (χ1) is 13.0. The van der Waals surface area contributed by atoms with Gasteiger partial charge in [0.15, 0.2) is 23.4 Å². The van der Waals surface area contributed by atoms with Crippen LogP contribution in [-0.4, -0.2) is 43.6 Å². The molecule has 0 bridgehead atoms. The summed E-state index contributed by atoms with van der Waals surface area (Å²) in [6, 6.07) is 7.99. The molecule has 2 amide bonds. The lowest BCUT2D eigenvalue weighted by molar-refractivity contribution is -0.152. The van der Waals surface area contributed by atoms with E-state index >= 15 is 0 Å². The fourth-order valence-corrected chi connectivity index (χ4v) is 2.30. The Labute approximate surface area is 154 Å². The predicted molar refractivity (Wildman–Crippen MR) is 92.7 cm³/mol. The number of anilines is 1. The van der Waals surface area contributed by atoms with Gasteiger partial charge in [-0.1, -0.05) is 0 Å². The Bertz CT molecular complexity index is 832. The molecular formula is C18H18N2O7. The van der Waals surface area contributed by atoms with Crippen molar-refractivity contribution in [1.82, 2.24) is 5.32 Å². The molecule has 1 aliphatic rings. The van der Waals surface area contributed by atoms with Crippen molar-refractivity contribution in [3.05, 3.63) is 42.4 Å². The molecule has 2 aromatic rings. The number of rotatable bonds is 6. The van der Waals surface area contributed by atoms with Gasteiger partial charge in [-0.25, -0.2) is 0 Å². The zero-order valence-corrected chi connectivity index (χ0v) is 14.5. The second-order valence-corrected chi connectivity index (χ2v) is 5.64. The molecule has 0 spiro atoms. The Morgan fingerprint density at radius 2 is 1.93 bits per heavy atom. The Kier molecular flexibility index (Phi) is 5.60. The second kappa shape index (κ2) is 8.26. The largest absolute Gasteiger partial charge is 0.486 e. The highest BCUT2D eigenvalue weighted by atomic mass is 16.6. The van der Waals surface area contributed by atoms with Crippen LogP contribution in [0.2, 0.25) is 0 Å². The molecule has 2 heterocycles. The lowest BCUT2D eigenvalue weighted by atomic mass is 10.2. The molecule has 3 rings (SSSR count). The average Bonchev–Trinajstić information content (AvgIpc) is 3.21. The number of carbonyl (C=O) groups is 3. The number of nitrogens with one attached hydrogen (secondary N) is 2. The molecule has 1 unspecified atom stereocenters. The van der Waals surface area contributed by atoms with Crippen molar-refractivity contribution in [2.45, 2.75) is 13.0 Å². The van der Waals surface area contributed by atoms with E-state index in [1.54, 1.807) is 24.3 Å². The van der Waals surface area contributed by atoms with Gasteiger partial charge in [-0.05, 0) is 31.2 Å². The van der Waals surface area contributed by atoms with E-state index in [-0.39, 0.29) is 12.3 Å². The molecule has 0 aliphatic carbocycles. The third-order valence-electron chi connectivity index (χ3n) is 3.63. The number of hydrogen-bond acceptors (Lipinski definition) is 7. The minimum atomic E-state index is -1.05. The highest BCUT2D eigenvalue weighted by Crippen LogP contribution is 2.32. The molecule has 0 fully saturated rings. The lowest BCUT2D eigenvalue weighted by Crippen LogP contribution is -2.35. The molecule has 0 radical (unpaired) electrons. The molecule has 1 atom stereocenters. The topological polar surface area (TPSA) is 116 Å². The smallest absolute Gasteiger partial charge is 0.326 e. The first-order valence-corrected chi connectivity index (χ1v) is 8.24. The van der Waals surface area contributed by atoms with Crippen LogP contribution in [0.1, 0.15) is 17.5 Å². The fourth-order valence-electron chi connectivity index (χ4n) is 2.30. The van der Waals surface area contributed by atoms with E-state index in [1.165, 1.54) is 19.3 Å². The first-order valence-electron chi connectivity index (χ1n) is 8.24. The number of fused-ring (bicyclic) bond motifs is 1. The molecule has 27 heavy (non-hydrogen) atoms. The van der Waals surface area contributed by atoms with Crippen molar-refractivity contribution in [1.29, 1.82) is 0 Å². The van der Waals surface area contributed by atoms with E-state index in [1.807, 2.05) is 0 Å². The van der Waals surface area contributed by atoms with Gasteiger partial charge in [-0.3, -0.25) is 14.4 Å². The van der Waals surface area contributed by atoms with E-state index < -0.39 is 23.9 Å². The first kappa shape index (κ1) is 18.3. The molecule has 142 valence electrons. The van der Waals surface area contributed by atoms with E-state index in [0.29, 0.717) is 30.4 Å². The summed E-state index contributed by atoms with van der Waals surface area (Å²) >= 11 is 0. The molecule has 1 aromatic heterocycles. The molecule has 1 aromatic carbocycles. The fraction of sp³-hybridized carbons (Fsp3) is 0.278. The van der Waals surface area contributed by atoms with Gasteiger partial charge >= 0.3 is 5.97 Å². The molecule has 2 N–H and O–H groups in total. The number of ether oxygens (including phenoxy) is 3. The van der Waals surface area contributed by atoms with Gasteiger partial charge in [0.1, 0.15) is 19.8 Å². The molecule has 0 saturated carbocycles. The van der Waals surface area contributed by atoms with E-state index in [2.05, 4.69) is 10.6 Å². The zero-order chi connectivity index (χ0) is 19.2. The van der Waals surface area contributed by atoms with Crippen molar-refractivity contribution >= 4 is 23.5 Å². The van der Waals surface area contributed by atoms with Crippen LogP contribution in [0.4, 0.5) is 5.69 Å². The summed E-state index contributed by atoms with van der Waals surface area (Å²) in [6.07, 6.45) is 0.295. The van der Waals surface area contributed by atoms with E-state index in [0.717, 1.165) is 0 Å². The predicted octanol–water partition coefficient (Wildman–Crippen LogP) is 1.35. The summed E-state index contributed by atoms with van der Waals surface area (Å²) in [4.78, 5) is 35.6. The molecule has 9 heteroatoms. The minimum Gasteiger partial charge on any atom is -0.486 e. The van der Waals surface area contributed by atoms with E-state index in [9.17, 15) is 14.4 Å². The Balaban J connectivity index is 1.47. The average molecular weight is 374 g/mol. The molecule has 9 nitrogen and oxygen atoms in total. The maximum absolute atomic E-state index is 12.2. The van der Waals surface area contributed by atoms with Crippen molar-refractivity contribution in [2.75, 3.05) is 25.1 Å². The van der Waals surface area contributed by atoms with Gasteiger partial charge in [-0.2, -0.15) is 0 Å². The normalized spacial score (nSPS) is 13.4. The van der Waals surface area contributed by atoms with Gasteiger partial charge in [0.05, 0.1) is 6.26 Å². The van der Waals surface area contributed by atoms with E-state index in [4.69, 9.17) is 18.6 Å². The van der Waals surface area contributed by atoms with Gasteiger partial charge < -0.3 is 29.3 Å². The van der Waals surface area contributed by atoms with Crippen LogP contribution in [0.25, 0.3) is 0 Å². The number of esters is 1. The lowest BCUT2D eigenvalue weighted by Gasteiger charge is -2.19. The summed E-state index contributed by atoms with van der Waals surface area (Å²) in [5.74, 6) is -0.606.